The van der Waals surface area contributed by atoms with Crippen molar-refractivity contribution < 1.29 is 22.4 Å². The normalized spacial score (nSPS) is 13.0. The van der Waals surface area contributed by atoms with E-state index in [1.165, 1.54) is 6.92 Å². The second kappa shape index (κ2) is 5.46. The van der Waals surface area contributed by atoms with Gasteiger partial charge in [-0.25, -0.2) is 4.39 Å². The first-order chi connectivity index (χ1) is 9.79. The van der Waals surface area contributed by atoms with Gasteiger partial charge in [0.05, 0.1) is 17.2 Å². The van der Waals surface area contributed by atoms with Crippen LogP contribution in [0.4, 0.5) is 17.6 Å². The van der Waals surface area contributed by atoms with E-state index in [1.54, 1.807) is 0 Å². The van der Waals surface area contributed by atoms with Crippen molar-refractivity contribution in [3.63, 3.8) is 0 Å². The van der Waals surface area contributed by atoms with Crippen molar-refractivity contribution in [1.82, 2.24) is 25.9 Å². The molecule has 2 aromatic rings. The largest absolute Gasteiger partial charge is 0.416 e. The Morgan fingerprint density at radius 2 is 2.10 bits per heavy atom. The second-order valence-electron chi connectivity index (χ2n) is 4.16. The van der Waals surface area contributed by atoms with Gasteiger partial charge < -0.3 is 5.32 Å². The van der Waals surface area contributed by atoms with E-state index in [-0.39, 0.29) is 5.82 Å². The van der Waals surface area contributed by atoms with E-state index in [9.17, 15) is 22.4 Å². The topological polar surface area (TPSA) is 83.6 Å². The van der Waals surface area contributed by atoms with E-state index in [1.807, 2.05) is 0 Å². The molecule has 0 radical (unpaired) electrons. The lowest BCUT2D eigenvalue weighted by Gasteiger charge is -2.12. The molecule has 2 rings (SSSR count). The number of halogens is 4. The molecule has 1 aromatic heterocycles. The van der Waals surface area contributed by atoms with Crippen molar-refractivity contribution in [3.8, 4) is 0 Å². The molecule has 21 heavy (non-hydrogen) atoms. The number of hydrogen-bond donors (Lipinski definition) is 2. The number of benzene rings is 1. The molecule has 1 heterocycles. The van der Waals surface area contributed by atoms with Gasteiger partial charge in [0.15, 0.2) is 5.82 Å². The molecule has 0 saturated carbocycles. The van der Waals surface area contributed by atoms with Crippen LogP contribution < -0.4 is 5.32 Å². The summed E-state index contributed by atoms with van der Waals surface area (Å²) < 4.78 is 51.2. The molecule has 0 spiro atoms. The monoisotopic (exact) mass is 303 g/mol. The summed E-state index contributed by atoms with van der Waals surface area (Å²) in [6.45, 7) is 1.48. The molecule has 112 valence electrons. The van der Waals surface area contributed by atoms with Crippen molar-refractivity contribution in [3.05, 3.63) is 41.0 Å². The Bertz CT molecular complexity index is 641. The molecule has 0 saturated heterocycles. The maximum atomic E-state index is 13.5. The molecule has 0 aliphatic rings. The summed E-state index contributed by atoms with van der Waals surface area (Å²) >= 11 is 0. The van der Waals surface area contributed by atoms with E-state index < -0.39 is 35.1 Å². The lowest BCUT2D eigenvalue weighted by Crippen LogP contribution is -2.28. The third kappa shape index (κ3) is 3.33. The van der Waals surface area contributed by atoms with Gasteiger partial charge in [-0.1, -0.05) is 5.21 Å². The predicted molar refractivity (Wildman–Crippen MR) is 61.5 cm³/mol. The number of carbonyl (C=O) groups is 1. The Labute approximate surface area is 115 Å². The summed E-state index contributed by atoms with van der Waals surface area (Å²) in [6, 6.07) is 0.865. The van der Waals surface area contributed by atoms with E-state index in [0.717, 1.165) is 0 Å². The number of aromatic nitrogens is 4. The minimum Gasteiger partial charge on any atom is -0.342 e. The molecule has 2 N–H and O–H groups in total. The minimum atomic E-state index is -4.66. The van der Waals surface area contributed by atoms with Gasteiger partial charge in [-0.05, 0) is 25.1 Å². The maximum Gasteiger partial charge on any atom is 0.416 e. The zero-order chi connectivity index (χ0) is 15.6. The summed E-state index contributed by atoms with van der Waals surface area (Å²) in [5.74, 6) is -1.94. The summed E-state index contributed by atoms with van der Waals surface area (Å²) in [7, 11) is 0. The second-order valence-corrected chi connectivity index (χ2v) is 4.16. The molecule has 0 aliphatic carbocycles. The first-order valence-electron chi connectivity index (χ1n) is 5.70. The van der Waals surface area contributed by atoms with Crippen LogP contribution in [-0.2, 0) is 6.18 Å². The fourth-order valence-electron chi connectivity index (χ4n) is 1.57. The van der Waals surface area contributed by atoms with Crippen molar-refractivity contribution in [1.29, 1.82) is 0 Å². The zero-order valence-electron chi connectivity index (χ0n) is 10.6. The Balaban J connectivity index is 2.23. The van der Waals surface area contributed by atoms with Crippen molar-refractivity contribution in [2.45, 2.75) is 19.1 Å². The van der Waals surface area contributed by atoms with Crippen LogP contribution in [0.5, 0.6) is 0 Å². The molecule has 1 atom stereocenters. The molecule has 1 unspecified atom stereocenters. The van der Waals surface area contributed by atoms with E-state index >= 15 is 0 Å². The lowest BCUT2D eigenvalue weighted by atomic mass is 10.1. The highest BCUT2D eigenvalue weighted by Crippen LogP contribution is 2.30. The van der Waals surface area contributed by atoms with Crippen LogP contribution in [0, 0.1) is 5.82 Å². The summed E-state index contributed by atoms with van der Waals surface area (Å²) in [5, 5.41) is 14.9. The highest BCUT2D eigenvalue weighted by molar-refractivity contribution is 5.94. The van der Waals surface area contributed by atoms with Gasteiger partial charge in [0, 0.05) is 0 Å². The third-order valence-electron chi connectivity index (χ3n) is 2.63. The number of H-pyrrole nitrogens is 1. The number of nitrogens with zero attached hydrogens (tertiary/aromatic N) is 3. The van der Waals surface area contributed by atoms with Crippen LogP contribution in [0.25, 0.3) is 0 Å². The number of nitrogens with one attached hydrogen (secondary N) is 2. The van der Waals surface area contributed by atoms with Crippen molar-refractivity contribution in [2.24, 2.45) is 0 Å². The standard InChI is InChI=1S/C11H9F4N5O/c1-5(9-17-19-20-18-9)16-10(21)7-4-6(11(13,14)15)2-3-8(7)12/h2-5H,1H3,(H,16,21)(H,17,18,19,20). The van der Waals surface area contributed by atoms with Crippen molar-refractivity contribution >= 4 is 5.91 Å². The number of hydrogen-bond acceptors (Lipinski definition) is 4. The third-order valence-corrected chi connectivity index (χ3v) is 2.63. The SMILES string of the molecule is CC(NC(=O)c1cc(C(F)(F)F)ccc1F)c1nn[nH]n1. The number of amides is 1. The zero-order valence-corrected chi connectivity index (χ0v) is 10.6. The van der Waals surface area contributed by atoms with Gasteiger partial charge in [-0.15, -0.1) is 10.2 Å². The molecular formula is C11H9F4N5O. The quantitative estimate of drug-likeness (QED) is 0.848. The molecular weight excluding hydrogens is 294 g/mol. The highest BCUT2D eigenvalue weighted by Gasteiger charge is 2.32. The van der Waals surface area contributed by atoms with E-state index in [0.29, 0.717) is 18.2 Å². The molecule has 0 bridgehead atoms. The highest BCUT2D eigenvalue weighted by atomic mass is 19.4. The smallest absolute Gasteiger partial charge is 0.342 e. The molecule has 1 aromatic carbocycles. The summed E-state index contributed by atoms with van der Waals surface area (Å²) in [4.78, 5) is 11.8. The van der Waals surface area contributed by atoms with Crippen molar-refractivity contribution in [2.75, 3.05) is 0 Å². The predicted octanol–water partition coefficient (Wildman–Crippen LogP) is 1.85. The Hall–Kier alpha value is -2.52. The first kappa shape index (κ1) is 14.9. The molecule has 6 nitrogen and oxygen atoms in total. The summed E-state index contributed by atoms with van der Waals surface area (Å²) in [5.41, 5.74) is -1.82. The van der Waals surface area contributed by atoms with Crippen LogP contribution in [0.3, 0.4) is 0 Å². The first-order valence-corrected chi connectivity index (χ1v) is 5.70. The molecule has 1 amide bonds. The molecule has 0 fully saturated rings. The van der Waals surface area contributed by atoms with Gasteiger partial charge in [-0.2, -0.15) is 18.4 Å². The van der Waals surface area contributed by atoms with Gasteiger partial charge in [0.1, 0.15) is 5.82 Å². The van der Waals surface area contributed by atoms with E-state index in [2.05, 4.69) is 25.9 Å². The van der Waals surface area contributed by atoms with Crippen LogP contribution in [0.15, 0.2) is 18.2 Å². The fraction of sp³-hybridized carbons (Fsp3) is 0.273. The Morgan fingerprint density at radius 3 is 2.67 bits per heavy atom. The average molecular weight is 303 g/mol. The lowest BCUT2D eigenvalue weighted by molar-refractivity contribution is -0.137. The van der Waals surface area contributed by atoms with Crippen LogP contribution in [-0.4, -0.2) is 26.5 Å². The van der Waals surface area contributed by atoms with Gasteiger partial charge in [0.25, 0.3) is 5.91 Å². The Kier molecular flexibility index (Phi) is 3.87. The van der Waals surface area contributed by atoms with Crippen LogP contribution in [0.2, 0.25) is 0 Å². The number of tetrazole rings is 1. The van der Waals surface area contributed by atoms with Crippen LogP contribution >= 0.6 is 0 Å². The molecule has 10 heteroatoms. The summed E-state index contributed by atoms with van der Waals surface area (Å²) in [6.07, 6.45) is -4.66. The fourth-order valence-corrected chi connectivity index (χ4v) is 1.57. The number of aromatic amines is 1. The van der Waals surface area contributed by atoms with Gasteiger partial charge >= 0.3 is 6.18 Å². The van der Waals surface area contributed by atoms with Crippen LogP contribution in [0.1, 0.15) is 34.7 Å². The molecule has 0 aliphatic heterocycles. The van der Waals surface area contributed by atoms with Gasteiger partial charge in [0.2, 0.25) is 0 Å². The number of carbonyl (C=O) groups excluding carboxylic acids is 1. The van der Waals surface area contributed by atoms with Gasteiger partial charge in [-0.3, -0.25) is 4.79 Å². The number of alkyl halides is 3. The maximum absolute atomic E-state index is 13.5. The van der Waals surface area contributed by atoms with E-state index in [4.69, 9.17) is 0 Å². The number of rotatable bonds is 3. The Morgan fingerprint density at radius 1 is 1.38 bits per heavy atom. The average Bonchev–Trinajstić information content (AvgIpc) is 2.91. The minimum absolute atomic E-state index is 0.121.